The SMILES string of the molecule is COc1ccccc1[C@H](Cn1c(=O)n(C(C)(C)C(=O)N2CCCC2)c(=O)c2c(C)c(N=S(C)(C)=O)sc21)OC1CCOCC1. The molecule has 0 bridgehead atoms. The summed E-state index contributed by atoms with van der Waals surface area (Å²) in [6.07, 6.45) is 5.49. The average Bonchev–Trinajstić information content (AvgIpc) is 3.62. The van der Waals surface area contributed by atoms with Crippen LogP contribution in [0.25, 0.3) is 10.2 Å². The predicted molar refractivity (Wildman–Crippen MR) is 173 cm³/mol. The summed E-state index contributed by atoms with van der Waals surface area (Å²) in [5, 5.41) is 0.699. The largest absolute Gasteiger partial charge is 0.496 e. The van der Waals surface area contributed by atoms with E-state index in [-0.39, 0.29) is 23.9 Å². The smallest absolute Gasteiger partial charge is 0.333 e. The van der Waals surface area contributed by atoms with Crippen molar-refractivity contribution in [1.29, 1.82) is 0 Å². The molecule has 0 saturated carbocycles. The van der Waals surface area contributed by atoms with Crippen LogP contribution in [0.1, 0.15) is 56.8 Å². The van der Waals surface area contributed by atoms with E-state index in [1.54, 1.807) is 32.8 Å². The Labute approximate surface area is 261 Å². The topological polar surface area (TPSA) is 121 Å². The fraction of sp³-hybridized carbons (Fsp3) is 0.581. The van der Waals surface area contributed by atoms with E-state index in [9.17, 15) is 18.6 Å². The van der Waals surface area contributed by atoms with Gasteiger partial charge in [0.2, 0.25) is 5.91 Å². The monoisotopic (exact) mass is 646 g/mol. The Bertz CT molecular complexity index is 1780. The number of para-hydroxylation sites is 1. The van der Waals surface area contributed by atoms with Gasteiger partial charge < -0.3 is 19.1 Å². The van der Waals surface area contributed by atoms with Crippen LogP contribution < -0.4 is 16.0 Å². The molecule has 2 aliphatic rings. The van der Waals surface area contributed by atoms with Gasteiger partial charge in [0, 0.05) is 59.7 Å². The molecule has 0 N–H and O–H groups in total. The van der Waals surface area contributed by atoms with E-state index < -0.39 is 32.6 Å². The molecule has 2 aliphatic heterocycles. The molecule has 2 fully saturated rings. The zero-order valence-corrected chi connectivity index (χ0v) is 27.9. The molecule has 1 atom stereocenters. The summed E-state index contributed by atoms with van der Waals surface area (Å²) in [7, 11) is -0.977. The Morgan fingerprint density at radius 2 is 1.82 bits per heavy atom. The van der Waals surface area contributed by atoms with Gasteiger partial charge in [-0.15, -0.1) is 0 Å². The third-order valence-corrected chi connectivity index (χ3v) is 10.3. The Morgan fingerprint density at radius 3 is 2.45 bits per heavy atom. The van der Waals surface area contributed by atoms with E-state index in [0.717, 1.165) is 34.3 Å². The first-order chi connectivity index (χ1) is 20.8. The quantitative estimate of drug-likeness (QED) is 0.342. The third kappa shape index (κ3) is 6.37. The number of methoxy groups -OCH3 is 1. The summed E-state index contributed by atoms with van der Waals surface area (Å²) in [5.74, 6) is 0.337. The first kappa shape index (κ1) is 32.4. The van der Waals surface area contributed by atoms with Gasteiger partial charge in [0.1, 0.15) is 27.2 Å². The number of benzene rings is 1. The van der Waals surface area contributed by atoms with Crippen LogP contribution in [0, 0.1) is 6.92 Å². The Kier molecular flexibility index (Phi) is 9.41. The molecule has 0 spiro atoms. The van der Waals surface area contributed by atoms with Crippen molar-refractivity contribution in [2.45, 2.75) is 70.7 Å². The second kappa shape index (κ2) is 12.8. The van der Waals surface area contributed by atoms with Gasteiger partial charge >= 0.3 is 5.69 Å². The molecular formula is C31H42N4O7S2. The van der Waals surface area contributed by atoms with Crippen LogP contribution in [-0.4, -0.2) is 76.2 Å². The zero-order chi connectivity index (χ0) is 31.8. The second-order valence-electron chi connectivity index (χ2n) is 12.3. The number of carbonyl (C=O) groups is 1. The van der Waals surface area contributed by atoms with Gasteiger partial charge in [-0.1, -0.05) is 29.5 Å². The predicted octanol–water partition coefficient (Wildman–Crippen LogP) is 4.20. The van der Waals surface area contributed by atoms with E-state index in [2.05, 4.69) is 4.36 Å². The maximum absolute atomic E-state index is 14.6. The Balaban J connectivity index is 1.75. The third-order valence-electron chi connectivity index (χ3n) is 8.32. The maximum atomic E-state index is 14.6. The van der Waals surface area contributed by atoms with E-state index >= 15 is 0 Å². The number of fused-ring (bicyclic) bond motifs is 1. The molecule has 1 amide bonds. The number of rotatable bonds is 9. The standard InChI is InChI=1S/C31H42N4O7S2/c1-20-25-27(36)35(31(2,3)29(37)33-15-9-10-16-33)30(38)34(28(25)43-26(20)32-44(5,6)39)19-24(42-21-13-17-41-18-14-21)22-11-7-8-12-23(22)40-4/h7-8,11-12,21,24H,9-10,13-19H2,1-6H3/t24-/m0/s1. The minimum Gasteiger partial charge on any atom is -0.496 e. The lowest BCUT2D eigenvalue weighted by Crippen LogP contribution is -2.56. The Hall–Kier alpha value is -3.00. The molecule has 0 aliphatic carbocycles. The summed E-state index contributed by atoms with van der Waals surface area (Å²) < 4.78 is 37.7. The summed E-state index contributed by atoms with van der Waals surface area (Å²) in [6, 6.07) is 7.51. The van der Waals surface area contributed by atoms with Crippen LogP contribution in [0.3, 0.4) is 0 Å². The summed E-state index contributed by atoms with van der Waals surface area (Å²) in [5.41, 5.74) is -1.35. The van der Waals surface area contributed by atoms with Crippen molar-refractivity contribution in [3.63, 3.8) is 0 Å². The fourth-order valence-electron chi connectivity index (χ4n) is 6.04. The van der Waals surface area contributed by atoms with E-state index in [4.69, 9.17) is 14.2 Å². The van der Waals surface area contributed by atoms with Gasteiger partial charge in [0.15, 0.2) is 0 Å². The van der Waals surface area contributed by atoms with Crippen LogP contribution in [0.5, 0.6) is 5.75 Å². The number of hydrogen-bond donors (Lipinski definition) is 0. The van der Waals surface area contributed by atoms with Gasteiger partial charge in [-0.2, -0.15) is 4.36 Å². The number of ether oxygens (including phenoxy) is 3. The summed E-state index contributed by atoms with van der Waals surface area (Å²) >= 11 is 1.15. The van der Waals surface area contributed by atoms with Gasteiger partial charge in [0.05, 0.1) is 25.1 Å². The lowest BCUT2D eigenvalue weighted by atomic mass is 10.0. The summed E-state index contributed by atoms with van der Waals surface area (Å²) in [4.78, 5) is 44.7. The molecule has 13 heteroatoms. The van der Waals surface area contributed by atoms with Crippen LogP contribution >= 0.6 is 11.3 Å². The zero-order valence-electron chi connectivity index (χ0n) is 26.3. The van der Waals surface area contributed by atoms with Crippen LogP contribution in [-0.2, 0) is 36.1 Å². The molecule has 0 radical (unpaired) electrons. The number of carbonyl (C=O) groups excluding carboxylic acids is 1. The van der Waals surface area contributed by atoms with Crippen molar-refractivity contribution in [2.24, 2.45) is 4.36 Å². The van der Waals surface area contributed by atoms with Gasteiger partial charge in [-0.05, 0) is 52.5 Å². The highest BCUT2D eigenvalue weighted by molar-refractivity contribution is 7.92. The number of aryl methyl sites for hydroxylation is 1. The molecule has 44 heavy (non-hydrogen) atoms. The molecule has 3 aromatic rings. The number of nitrogens with zero attached hydrogens (tertiary/aromatic N) is 4. The van der Waals surface area contributed by atoms with E-state index in [1.807, 2.05) is 24.3 Å². The molecule has 5 rings (SSSR count). The van der Waals surface area contributed by atoms with E-state index in [1.165, 1.54) is 17.1 Å². The van der Waals surface area contributed by atoms with Crippen LogP contribution in [0.2, 0.25) is 0 Å². The van der Waals surface area contributed by atoms with Crippen molar-refractivity contribution in [3.05, 3.63) is 56.2 Å². The molecule has 0 unspecified atom stereocenters. The van der Waals surface area contributed by atoms with Crippen molar-refractivity contribution in [1.82, 2.24) is 14.0 Å². The number of hydrogen-bond acceptors (Lipinski definition) is 9. The highest BCUT2D eigenvalue weighted by atomic mass is 32.2. The lowest BCUT2D eigenvalue weighted by molar-refractivity contribution is -0.138. The van der Waals surface area contributed by atoms with Gasteiger partial charge in [-0.25, -0.2) is 13.6 Å². The van der Waals surface area contributed by atoms with Crippen LogP contribution in [0.15, 0.2) is 38.2 Å². The average molecular weight is 647 g/mol. The van der Waals surface area contributed by atoms with Crippen molar-refractivity contribution >= 4 is 42.2 Å². The molecule has 240 valence electrons. The Morgan fingerprint density at radius 1 is 1.16 bits per heavy atom. The minimum absolute atomic E-state index is 0.0499. The van der Waals surface area contributed by atoms with Crippen molar-refractivity contribution < 1.29 is 23.2 Å². The molecule has 2 saturated heterocycles. The van der Waals surface area contributed by atoms with Crippen molar-refractivity contribution in [3.8, 4) is 5.75 Å². The highest BCUT2D eigenvalue weighted by Gasteiger charge is 2.39. The second-order valence-corrected chi connectivity index (χ2v) is 15.8. The molecule has 4 heterocycles. The lowest BCUT2D eigenvalue weighted by Gasteiger charge is -2.32. The van der Waals surface area contributed by atoms with Crippen LogP contribution in [0.4, 0.5) is 5.00 Å². The molecule has 1 aromatic carbocycles. The van der Waals surface area contributed by atoms with Crippen molar-refractivity contribution in [2.75, 3.05) is 45.9 Å². The first-order valence-electron chi connectivity index (χ1n) is 15.0. The highest BCUT2D eigenvalue weighted by Crippen LogP contribution is 2.38. The number of likely N-dealkylation sites (tertiary alicyclic amines) is 1. The normalized spacial score (nSPS) is 17.3. The first-order valence-corrected chi connectivity index (χ1v) is 18.1. The number of amides is 1. The summed E-state index contributed by atoms with van der Waals surface area (Å²) in [6.45, 7) is 7.38. The van der Waals surface area contributed by atoms with Gasteiger partial charge in [-0.3, -0.25) is 14.2 Å². The van der Waals surface area contributed by atoms with E-state index in [0.29, 0.717) is 60.3 Å². The van der Waals surface area contributed by atoms with Gasteiger partial charge in [0.25, 0.3) is 5.56 Å². The fourth-order valence-corrected chi connectivity index (χ4v) is 8.30. The minimum atomic E-state index is -2.57. The molecule has 11 nitrogen and oxygen atoms in total. The number of aromatic nitrogens is 2. The molecule has 2 aromatic heterocycles. The molecular weight excluding hydrogens is 604 g/mol. The maximum Gasteiger partial charge on any atom is 0.333 e. The number of thiophene rings is 1.